The lowest BCUT2D eigenvalue weighted by Crippen LogP contribution is -2.20. The summed E-state index contributed by atoms with van der Waals surface area (Å²) in [6, 6.07) is 0. The van der Waals surface area contributed by atoms with Gasteiger partial charge in [0.2, 0.25) is 0 Å². The zero-order valence-corrected chi connectivity index (χ0v) is 11.9. The number of nitrogens with two attached hydrogens (primary N) is 2. The number of amides is 1. The molecule has 1 amide bonds. The zero-order valence-electron chi connectivity index (χ0n) is 11.9. The van der Waals surface area contributed by atoms with Gasteiger partial charge < -0.3 is 20.8 Å². The molecule has 0 fully saturated rings. The maximum absolute atomic E-state index is 11.0. The summed E-state index contributed by atoms with van der Waals surface area (Å²) in [5.41, 5.74) is 12.0. The van der Waals surface area contributed by atoms with E-state index in [1.54, 1.807) is 4.57 Å². The lowest BCUT2D eigenvalue weighted by atomic mass is 10.2. The Hall–Kier alpha value is -1.82. The van der Waals surface area contributed by atoms with Crippen molar-refractivity contribution >= 4 is 11.7 Å². The fourth-order valence-corrected chi connectivity index (χ4v) is 1.37. The Bertz CT molecular complexity index is 483. The molecule has 4 N–H and O–H groups in total. The monoisotopic (exact) mass is 266 g/mol. The highest BCUT2D eigenvalue weighted by atomic mass is 16.5. The van der Waals surface area contributed by atoms with E-state index < -0.39 is 5.91 Å². The Kier molecular flexibility index (Phi) is 4.72. The Balaban J connectivity index is 2.63. The van der Waals surface area contributed by atoms with Crippen LogP contribution >= 0.6 is 0 Å². The van der Waals surface area contributed by atoms with Crippen molar-refractivity contribution in [2.75, 3.05) is 12.3 Å². The SMILES string of the molecule is CC(=CCn1cnc(C(N)=O)c1N)COC(C)(C)C. The highest BCUT2D eigenvalue weighted by Gasteiger charge is 2.12. The molecule has 6 heteroatoms. The zero-order chi connectivity index (χ0) is 14.6. The first-order chi connectivity index (χ1) is 8.70. The smallest absolute Gasteiger partial charge is 0.271 e. The molecule has 0 aliphatic heterocycles. The van der Waals surface area contributed by atoms with Gasteiger partial charge in [0.05, 0.1) is 18.5 Å². The van der Waals surface area contributed by atoms with E-state index in [9.17, 15) is 4.79 Å². The van der Waals surface area contributed by atoms with Gasteiger partial charge in [0, 0.05) is 6.54 Å². The van der Waals surface area contributed by atoms with Crippen LogP contribution in [0.25, 0.3) is 0 Å². The summed E-state index contributed by atoms with van der Waals surface area (Å²) in [5.74, 6) is -0.332. The number of allylic oxidation sites excluding steroid dienone is 1. The second-order valence-corrected chi connectivity index (χ2v) is 5.45. The number of carbonyl (C=O) groups excluding carboxylic acids is 1. The standard InChI is InChI=1S/C13H22N4O2/c1-9(7-19-13(2,3)4)5-6-17-8-16-10(11(17)14)12(15)18/h5,8H,6-7,14H2,1-4H3,(H2,15,18). The molecular formula is C13H22N4O2. The van der Waals surface area contributed by atoms with E-state index in [0.29, 0.717) is 13.2 Å². The van der Waals surface area contributed by atoms with Crippen molar-refractivity contribution < 1.29 is 9.53 Å². The highest BCUT2D eigenvalue weighted by molar-refractivity contribution is 5.95. The van der Waals surface area contributed by atoms with Crippen molar-refractivity contribution in [3.8, 4) is 0 Å². The molecule has 0 atom stereocenters. The summed E-state index contributed by atoms with van der Waals surface area (Å²) in [5, 5.41) is 0. The van der Waals surface area contributed by atoms with Gasteiger partial charge in [-0.15, -0.1) is 0 Å². The molecule has 1 aromatic rings. The first kappa shape index (κ1) is 15.2. The van der Waals surface area contributed by atoms with E-state index in [1.165, 1.54) is 6.33 Å². The third-order valence-electron chi connectivity index (χ3n) is 2.48. The van der Waals surface area contributed by atoms with Crippen LogP contribution in [0.2, 0.25) is 0 Å². The van der Waals surface area contributed by atoms with Crippen LogP contribution < -0.4 is 11.5 Å². The predicted octanol–water partition coefficient (Wildman–Crippen LogP) is 1.33. The van der Waals surface area contributed by atoms with Gasteiger partial charge in [0.15, 0.2) is 5.69 Å². The molecule has 1 heterocycles. The number of nitrogens with zero attached hydrogens (tertiary/aromatic N) is 2. The molecule has 0 saturated heterocycles. The molecule has 0 radical (unpaired) electrons. The second kappa shape index (κ2) is 5.88. The van der Waals surface area contributed by atoms with E-state index in [1.807, 2.05) is 33.8 Å². The van der Waals surface area contributed by atoms with Crippen LogP contribution in [0.15, 0.2) is 18.0 Å². The van der Waals surface area contributed by atoms with Gasteiger partial charge in [0.1, 0.15) is 5.82 Å². The molecule has 1 rings (SSSR count). The molecule has 0 bridgehead atoms. The van der Waals surface area contributed by atoms with Crippen LogP contribution in [-0.2, 0) is 11.3 Å². The fraction of sp³-hybridized carbons (Fsp3) is 0.538. The molecule has 0 aliphatic rings. The Morgan fingerprint density at radius 1 is 1.53 bits per heavy atom. The molecule has 0 spiro atoms. The Labute approximate surface area is 113 Å². The molecule has 19 heavy (non-hydrogen) atoms. The lowest BCUT2D eigenvalue weighted by molar-refractivity contribution is 0.0110. The number of nitrogen functional groups attached to an aromatic ring is 1. The maximum Gasteiger partial charge on any atom is 0.271 e. The average molecular weight is 266 g/mol. The highest BCUT2D eigenvalue weighted by Crippen LogP contribution is 2.11. The minimum absolute atomic E-state index is 0.108. The van der Waals surface area contributed by atoms with Crippen LogP contribution in [0.5, 0.6) is 0 Å². The van der Waals surface area contributed by atoms with Gasteiger partial charge in [-0.3, -0.25) is 4.79 Å². The van der Waals surface area contributed by atoms with Crippen LogP contribution in [0, 0.1) is 0 Å². The van der Waals surface area contributed by atoms with Gasteiger partial charge in [-0.05, 0) is 27.7 Å². The quantitative estimate of drug-likeness (QED) is 0.786. The van der Waals surface area contributed by atoms with E-state index in [0.717, 1.165) is 5.57 Å². The number of hydrogen-bond donors (Lipinski definition) is 2. The lowest BCUT2D eigenvalue weighted by Gasteiger charge is -2.19. The largest absolute Gasteiger partial charge is 0.383 e. The summed E-state index contributed by atoms with van der Waals surface area (Å²) in [4.78, 5) is 14.9. The first-order valence-electron chi connectivity index (χ1n) is 6.10. The molecular weight excluding hydrogens is 244 g/mol. The van der Waals surface area contributed by atoms with Crippen molar-refractivity contribution in [2.45, 2.75) is 39.8 Å². The molecule has 6 nitrogen and oxygen atoms in total. The first-order valence-corrected chi connectivity index (χ1v) is 6.10. The molecule has 1 aromatic heterocycles. The van der Waals surface area contributed by atoms with Gasteiger partial charge in [-0.2, -0.15) is 0 Å². The summed E-state index contributed by atoms with van der Waals surface area (Å²) in [7, 11) is 0. The number of ether oxygens (including phenoxy) is 1. The maximum atomic E-state index is 11.0. The summed E-state index contributed by atoms with van der Waals surface area (Å²) in [6.07, 6.45) is 3.48. The minimum atomic E-state index is -0.618. The number of primary amides is 1. The van der Waals surface area contributed by atoms with Crippen LogP contribution in [0.4, 0.5) is 5.82 Å². The number of imidazole rings is 1. The van der Waals surface area contributed by atoms with Crippen molar-refractivity contribution in [1.29, 1.82) is 0 Å². The molecule has 106 valence electrons. The van der Waals surface area contributed by atoms with Crippen LogP contribution in [-0.4, -0.2) is 27.7 Å². The minimum Gasteiger partial charge on any atom is -0.383 e. The molecule has 0 aromatic carbocycles. The number of aromatic nitrogens is 2. The van der Waals surface area contributed by atoms with Gasteiger partial charge in [-0.25, -0.2) is 4.98 Å². The van der Waals surface area contributed by atoms with Gasteiger partial charge in [-0.1, -0.05) is 11.6 Å². The summed E-state index contributed by atoms with van der Waals surface area (Å²) >= 11 is 0. The van der Waals surface area contributed by atoms with Crippen LogP contribution in [0.3, 0.4) is 0 Å². The molecule has 0 aliphatic carbocycles. The molecule has 0 unspecified atom stereocenters. The Morgan fingerprint density at radius 3 is 2.63 bits per heavy atom. The van der Waals surface area contributed by atoms with Gasteiger partial charge in [0.25, 0.3) is 5.91 Å². The van der Waals surface area contributed by atoms with Crippen LogP contribution in [0.1, 0.15) is 38.2 Å². The van der Waals surface area contributed by atoms with Crippen molar-refractivity contribution in [2.24, 2.45) is 5.73 Å². The van der Waals surface area contributed by atoms with Crippen molar-refractivity contribution in [3.63, 3.8) is 0 Å². The predicted molar refractivity (Wildman–Crippen MR) is 74.6 cm³/mol. The average Bonchev–Trinajstić information content (AvgIpc) is 2.64. The molecule has 0 saturated carbocycles. The third kappa shape index (κ3) is 4.75. The van der Waals surface area contributed by atoms with E-state index in [-0.39, 0.29) is 17.1 Å². The third-order valence-corrected chi connectivity index (χ3v) is 2.48. The number of rotatable bonds is 5. The number of hydrogen-bond acceptors (Lipinski definition) is 4. The normalized spacial score (nSPS) is 12.7. The summed E-state index contributed by atoms with van der Waals surface area (Å²) in [6.45, 7) is 9.09. The fourth-order valence-electron chi connectivity index (χ4n) is 1.37. The van der Waals surface area contributed by atoms with Crippen molar-refractivity contribution in [1.82, 2.24) is 9.55 Å². The Morgan fingerprint density at radius 2 is 2.16 bits per heavy atom. The van der Waals surface area contributed by atoms with Gasteiger partial charge >= 0.3 is 0 Å². The number of carbonyl (C=O) groups is 1. The number of anilines is 1. The summed E-state index contributed by atoms with van der Waals surface area (Å²) < 4.78 is 7.32. The van der Waals surface area contributed by atoms with E-state index >= 15 is 0 Å². The van der Waals surface area contributed by atoms with E-state index in [2.05, 4.69) is 4.98 Å². The van der Waals surface area contributed by atoms with E-state index in [4.69, 9.17) is 16.2 Å². The van der Waals surface area contributed by atoms with Crippen molar-refractivity contribution in [3.05, 3.63) is 23.7 Å². The topological polar surface area (TPSA) is 96.2 Å². The second-order valence-electron chi connectivity index (χ2n) is 5.45.